The molecular weight excluding hydrogens is 380 g/mol. The Labute approximate surface area is 155 Å². The second kappa shape index (κ2) is 8.00. The molecule has 126 valence electrons. The number of rotatable bonds is 6. The minimum absolute atomic E-state index is 0.121. The maximum atomic E-state index is 11.9. The second-order valence-electron chi connectivity index (χ2n) is 5.90. The number of benzene rings is 2. The van der Waals surface area contributed by atoms with Crippen molar-refractivity contribution < 1.29 is 9.53 Å². The average molecular weight is 397 g/mol. The Kier molecular flexibility index (Phi) is 5.52. The molecule has 0 radical (unpaired) electrons. The van der Waals surface area contributed by atoms with Crippen molar-refractivity contribution in [1.82, 2.24) is 5.32 Å². The smallest absolute Gasteiger partial charge is 0.262 e. The molecule has 1 aliphatic carbocycles. The number of ether oxygens (including phenoxy) is 1. The molecule has 1 aliphatic rings. The highest BCUT2D eigenvalue weighted by molar-refractivity contribution is 9.10. The zero-order valence-electron chi connectivity index (χ0n) is 13.5. The van der Waals surface area contributed by atoms with Crippen LogP contribution in [0.3, 0.4) is 0 Å². The number of nitrogens with zero attached hydrogens (tertiary/aromatic N) is 1. The molecule has 5 heteroatoms. The van der Waals surface area contributed by atoms with Gasteiger partial charge in [-0.15, -0.1) is 0 Å². The van der Waals surface area contributed by atoms with Gasteiger partial charge in [0.15, 0.2) is 0 Å². The molecule has 3 rings (SSSR count). The number of carbonyl (C=O) groups is 1. The maximum Gasteiger partial charge on any atom is 0.262 e. The van der Waals surface area contributed by atoms with Crippen molar-refractivity contribution in [3.8, 4) is 11.8 Å². The fraction of sp³-hybridized carbons (Fsp3) is 0.200. The molecule has 0 atom stereocenters. The van der Waals surface area contributed by atoms with Crippen molar-refractivity contribution in [1.29, 1.82) is 5.26 Å². The highest BCUT2D eigenvalue weighted by Crippen LogP contribution is 2.20. The highest BCUT2D eigenvalue weighted by atomic mass is 79.9. The Morgan fingerprint density at radius 3 is 2.48 bits per heavy atom. The van der Waals surface area contributed by atoms with E-state index in [2.05, 4.69) is 21.2 Å². The van der Waals surface area contributed by atoms with Gasteiger partial charge in [-0.1, -0.05) is 40.2 Å². The molecule has 2 aromatic rings. The Bertz CT molecular complexity index is 816. The average Bonchev–Trinajstić information content (AvgIpc) is 3.44. The quantitative estimate of drug-likeness (QED) is 0.587. The van der Waals surface area contributed by atoms with Crippen molar-refractivity contribution in [2.75, 3.05) is 0 Å². The lowest BCUT2D eigenvalue weighted by Gasteiger charge is -2.07. The van der Waals surface area contributed by atoms with E-state index in [4.69, 9.17) is 10.00 Å². The molecular formula is C20H17BrN2O2. The fourth-order valence-electron chi connectivity index (χ4n) is 2.21. The normalized spacial score (nSPS) is 13.8. The van der Waals surface area contributed by atoms with E-state index in [-0.39, 0.29) is 17.5 Å². The summed E-state index contributed by atoms with van der Waals surface area (Å²) in [6, 6.07) is 17.5. The molecule has 2 aromatic carbocycles. The number of nitrogens with one attached hydrogen (secondary N) is 1. The monoisotopic (exact) mass is 396 g/mol. The van der Waals surface area contributed by atoms with E-state index in [1.807, 2.05) is 54.6 Å². The minimum atomic E-state index is -0.305. The summed E-state index contributed by atoms with van der Waals surface area (Å²) in [5, 5.41) is 12.0. The molecule has 1 N–H and O–H groups in total. The largest absolute Gasteiger partial charge is 0.489 e. The molecule has 0 aromatic heterocycles. The SMILES string of the molecule is N#C/C(=C\c1ccc(OCc2ccc(Br)cc2)cc1)C(=O)NC1CC1. The first-order valence-corrected chi connectivity index (χ1v) is 8.83. The van der Waals surface area contributed by atoms with Crippen LogP contribution in [0.25, 0.3) is 6.08 Å². The van der Waals surface area contributed by atoms with Crippen LogP contribution >= 0.6 is 15.9 Å². The molecule has 0 heterocycles. The number of carbonyl (C=O) groups excluding carboxylic acids is 1. The highest BCUT2D eigenvalue weighted by Gasteiger charge is 2.24. The molecule has 1 fully saturated rings. The van der Waals surface area contributed by atoms with E-state index in [0.29, 0.717) is 6.61 Å². The van der Waals surface area contributed by atoms with Gasteiger partial charge in [0.05, 0.1) is 0 Å². The lowest BCUT2D eigenvalue weighted by Crippen LogP contribution is -2.26. The van der Waals surface area contributed by atoms with Gasteiger partial charge in [-0.05, 0) is 54.3 Å². The molecule has 0 saturated heterocycles. The van der Waals surface area contributed by atoms with E-state index in [0.717, 1.165) is 34.2 Å². The van der Waals surface area contributed by atoms with Crippen molar-refractivity contribution in [2.24, 2.45) is 0 Å². The van der Waals surface area contributed by atoms with Crippen LogP contribution in [0.1, 0.15) is 24.0 Å². The summed E-state index contributed by atoms with van der Waals surface area (Å²) in [5.41, 5.74) is 1.99. The third-order valence-corrected chi connectivity index (χ3v) is 4.32. The second-order valence-corrected chi connectivity index (χ2v) is 6.82. The third kappa shape index (κ3) is 5.20. The zero-order chi connectivity index (χ0) is 17.6. The Hall–Kier alpha value is -2.58. The van der Waals surface area contributed by atoms with Crippen LogP contribution in [0.5, 0.6) is 5.75 Å². The fourth-order valence-corrected chi connectivity index (χ4v) is 2.48. The predicted molar refractivity (Wildman–Crippen MR) is 99.7 cm³/mol. The summed E-state index contributed by atoms with van der Waals surface area (Å²) in [6.45, 7) is 0.482. The molecule has 1 saturated carbocycles. The van der Waals surface area contributed by atoms with Crippen molar-refractivity contribution in [3.05, 3.63) is 69.7 Å². The van der Waals surface area contributed by atoms with Crippen molar-refractivity contribution in [2.45, 2.75) is 25.5 Å². The van der Waals surface area contributed by atoms with Crippen molar-refractivity contribution >= 4 is 27.9 Å². The number of hydrogen-bond donors (Lipinski definition) is 1. The van der Waals surface area contributed by atoms with Gasteiger partial charge in [0.25, 0.3) is 5.91 Å². The lowest BCUT2D eigenvalue weighted by atomic mass is 10.1. The van der Waals surface area contributed by atoms with Crippen LogP contribution in [0.15, 0.2) is 58.6 Å². The van der Waals surface area contributed by atoms with Gasteiger partial charge in [-0.2, -0.15) is 5.26 Å². The van der Waals surface area contributed by atoms with E-state index in [1.165, 1.54) is 0 Å². The first-order chi connectivity index (χ1) is 12.1. The Balaban J connectivity index is 1.60. The van der Waals surface area contributed by atoms with Crippen LogP contribution in [0.4, 0.5) is 0 Å². The zero-order valence-corrected chi connectivity index (χ0v) is 15.1. The minimum Gasteiger partial charge on any atom is -0.489 e. The van der Waals surface area contributed by atoms with Crippen LogP contribution in [0, 0.1) is 11.3 Å². The van der Waals surface area contributed by atoms with Gasteiger partial charge in [0.1, 0.15) is 24.0 Å². The molecule has 1 amide bonds. The van der Waals surface area contributed by atoms with Crippen LogP contribution in [0.2, 0.25) is 0 Å². The number of nitriles is 1. The standard InChI is InChI=1S/C20H17BrN2O2/c21-17-5-1-15(2-6-17)13-25-19-9-3-14(4-10-19)11-16(12-22)20(24)23-18-7-8-18/h1-6,9-11,18H,7-8,13H2,(H,23,24)/b16-11+. The van der Waals surface area contributed by atoms with Crippen molar-refractivity contribution in [3.63, 3.8) is 0 Å². The third-order valence-electron chi connectivity index (χ3n) is 3.79. The van der Waals surface area contributed by atoms with Crippen LogP contribution in [-0.2, 0) is 11.4 Å². The maximum absolute atomic E-state index is 11.9. The summed E-state index contributed by atoms with van der Waals surface area (Å²) in [6.07, 6.45) is 3.58. The molecule has 0 unspecified atom stereocenters. The summed E-state index contributed by atoms with van der Waals surface area (Å²) < 4.78 is 6.78. The molecule has 0 spiro atoms. The van der Waals surface area contributed by atoms with E-state index >= 15 is 0 Å². The van der Waals surface area contributed by atoms with Gasteiger partial charge < -0.3 is 10.1 Å². The van der Waals surface area contributed by atoms with Gasteiger partial charge in [-0.3, -0.25) is 4.79 Å². The first kappa shape index (κ1) is 17.2. The lowest BCUT2D eigenvalue weighted by molar-refractivity contribution is -0.117. The van der Waals surface area contributed by atoms with Gasteiger partial charge in [0, 0.05) is 10.5 Å². The van der Waals surface area contributed by atoms with Gasteiger partial charge >= 0.3 is 0 Å². The molecule has 4 nitrogen and oxygen atoms in total. The first-order valence-electron chi connectivity index (χ1n) is 8.04. The Morgan fingerprint density at radius 2 is 1.88 bits per heavy atom. The summed E-state index contributed by atoms with van der Waals surface area (Å²) in [5.74, 6) is 0.432. The summed E-state index contributed by atoms with van der Waals surface area (Å²) in [4.78, 5) is 11.9. The topological polar surface area (TPSA) is 62.1 Å². The van der Waals surface area contributed by atoms with Gasteiger partial charge in [0.2, 0.25) is 0 Å². The molecule has 25 heavy (non-hydrogen) atoms. The number of amides is 1. The van der Waals surface area contributed by atoms with E-state index in [1.54, 1.807) is 6.08 Å². The summed E-state index contributed by atoms with van der Waals surface area (Å²) >= 11 is 3.40. The van der Waals surface area contributed by atoms with E-state index < -0.39 is 0 Å². The number of halogens is 1. The van der Waals surface area contributed by atoms with Crippen LogP contribution < -0.4 is 10.1 Å². The van der Waals surface area contributed by atoms with E-state index in [9.17, 15) is 4.79 Å². The summed E-state index contributed by atoms with van der Waals surface area (Å²) in [7, 11) is 0. The number of hydrogen-bond acceptors (Lipinski definition) is 3. The Morgan fingerprint density at radius 1 is 1.20 bits per heavy atom. The predicted octanol–water partition coefficient (Wildman–Crippen LogP) is 4.21. The van der Waals surface area contributed by atoms with Crippen LogP contribution in [-0.4, -0.2) is 11.9 Å². The molecule has 0 bridgehead atoms. The van der Waals surface area contributed by atoms with Gasteiger partial charge in [-0.25, -0.2) is 0 Å². The molecule has 0 aliphatic heterocycles.